The zero-order chi connectivity index (χ0) is 27.7. The van der Waals surface area contributed by atoms with Gasteiger partial charge in [-0.15, -0.1) is 0 Å². The molecule has 0 aliphatic carbocycles. The number of ether oxygens (including phenoxy) is 3. The molecular weight excluding hydrogens is 541 g/mol. The number of rotatable bonds is 10. The number of likely N-dealkylation sites (tertiary alicyclic amines) is 1. The molecule has 0 radical (unpaired) electrons. The fourth-order valence-corrected chi connectivity index (χ4v) is 5.77. The summed E-state index contributed by atoms with van der Waals surface area (Å²) in [6.45, 7) is 6.44. The van der Waals surface area contributed by atoms with Gasteiger partial charge < -0.3 is 29.7 Å². The zero-order valence-corrected chi connectivity index (χ0v) is 23.6. The summed E-state index contributed by atoms with van der Waals surface area (Å²) in [5, 5.41) is 9.46. The van der Waals surface area contributed by atoms with Crippen molar-refractivity contribution in [2.75, 3.05) is 58.2 Å². The maximum atomic E-state index is 12.1. The Morgan fingerprint density at radius 1 is 1.15 bits per heavy atom. The fraction of sp³-hybridized carbons (Fsp3) is 0.393. The van der Waals surface area contributed by atoms with Crippen LogP contribution in [0.1, 0.15) is 6.42 Å². The Hall–Kier alpha value is -3.11. The van der Waals surface area contributed by atoms with Crippen LogP contribution in [0.15, 0.2) is 37.1 Å². The molecule has 0 amide bonds. The molecule has 2 saturated heterocycles. The third-order valence-corrected chi connectivity index (χ3v) is 7.92. The van der Waals surface area contributed by atoms with E-state index in [-0.39, 0.29) is 23.8 Å². The summed E-state index contributed by atoms with van der Waals surface area (Å²) in [4.78, 5) is 23.9. The van der Waals surface area contributed by atoms with Crippen LogP contribution in [-0.4, -0.2) is 80.3 Å². The quantitative estimate of drug-likeness (QED) is 0.328. The molecule has 0 spiro atoms. The lowest BCUT2D eigenvalue weighted by Crippen LogP contribution is -2.40. The van der Waals surface area contributed by atoms with E-state index in [4.69, 9.17) is 47.4 Å². The molecule has 9 nitrogen and oxygen atoms in total. The summed E-state index contributed by atoms with van der Waals surface area (Å²) >= 11 is 13.4. The van der Waals surface area contributed by atoms with Gasteiger partial charge in [0.2, 0.25) is 0 Å². The number of carbonyl (C=O) groups is 1. The number of likely N-dealkylation sites (N-methyl/N-ethyl adjacent to an activating group) is 1. The average Bonchev–Trinajstić information content (AvgIpc) is 3.24. The van der Waals surface area contributed by atoms with Gasteiger partial charge in [0.25, 0.3) is 0 Å². The average molecular weight is 572 g/mol. The first-order valence-corrected chi connectivity index (χ1v) is 13.4. The third kappa shape index (κ3) is 5.63. The Labute approximate surface area is 237 Å². The molecule has 2 fully saturated rings. The highest BCUT2D eigenvalue weighted by atomic mass is 35.5. The van der Waals surface area contributed by atoms with Crippen molar-refractivity contribution >= 4 is 51.4 Å². The summed E-state index contributed by atoms with van der Waals surface area (Å²) < 4.78 is 16.3. The first-order chi connectivity index (χ1) is 18.8. The maximum Gasteiger partial charge on any atom is 0.155 e. The number of nitrogens with one attached hydrogen (secondary N) is 2. The van der Waals surface area contributed by atoms with E-state index in [1.807, 2.05) is 12.1 Å². The number of pyridine rings is 2. The van der Waals surface area contributed by atoms with E-state index in [0.717, 1.165) is 23.9 Å². The van der Waals surface area contributed by atoms with Gasteiger partial charge in [0, 0.05) is 60.1 Å². The van der Waals surface area contributed by atoms with Gasteiger partial charge in [-0.25, -0.2) is 9.97 Å². The number of hydrogen-bond donors (Lipinski definition) is 2. The lowest BCUT2D eigenvalue weighted by Gasteiger charge is -2.28. The van der Waals surface area contributed by atoms with Crippen LogP contribution in [0.4, 0.5) is 11.6 Å². The summed E-state index contributed by atoms with van der Waals surface area (Å²) in [7, 11) is 5.13. The van der Waals surface area contributed by atoms with Gasteiger partial charge in [-0.3, -0.25) is 4.79 Å². The van der Waals surface area contributed by atoms with E-state index >= 15 is 0 Å². The van der Waals surface area contributed by atoms with Crippen LogP contribution in [0.3, 0.4) is 0 Å². The molecule has 11 heteroatoms. The second-order valence-corrected chi connectivity index (χ2v) is 10.7. The molecule has 2 aliphatic rings. The van der Waals surface area contributed by atoms with Crippen molar-refractivity contribution in [3.05, 3.63) is 47.1 Å². The highest BCUT2D eigenvalue weighted by Gasteiger charge is 2.32. The van der Waals surface area contributed by atoms with Crippen molar-refractivity contribution in [1.82, 2.24) is 14.9 Å². The maximum absolute atomic E-state index is 12.1. The monoisotopic (exact) mass is 571 g/mol. The van der Waals surface area contributed by atoms with Crippen LogP contribution in [0, 0.1) is 5.92 Å². The van der Waals surface area contributed by atoms with Crippen LogP contribution in [-0.2, 0) is 9.53 Å². The SMILES string of the molecule is C=CC(=O)C[C@H]1CN(C)C[C@H]1Nc1cc2c(NC3COC3)nc(-c3c(Cl)c(OC)cc(OC)c3Cl)cc2cn1. The van der Waals surface area contributed by atoms with Gasteiger partial charge in [0.05, 0.1) is 49.2 Å². The molecule has 0 bridgehead atoms. The first-order valence-electron chi connectivity index (χ1n) is 12.7. The van der Waals surface area contributed by atoms with E-state index in [1.165, 1.54) is 20.3 Å². The molecule has 2 N–H and O–H groups in total. The van der Waals surface area contributed by atoms with Gasteiger partial charge in [-0.1, -0.05) is 29.8 Å². The van der Waals surface area contributed by atoms with E-state index in [0.29, 0.717) is 64.1 Å². The number of carbonyl (C=O) groups excluding carboxylic acids is 1. The van der Waals surface area contributed by atoms with Crippen LogP contribution in [0.25, 0.3) is 22.0 Å². The van der Waals surface area contributed by atoms with Gasteiger partial charge in [0.1, 0.15) is 23.1 Å². The Morgan fingerprint density at radius 2 is 1.87 bits per heavy atom. The number of benzene rings is 1. The van der Waals surface area contributed by atoms with Crippen LogP contribution >= 0.6 is 23.2 Å². The topological polar surface area (TPSA) is 97.8 Å². The Kier molecular flexibility index (Phi) is 8.13. The van der Waals surface area contributed by atoms with Gasteiger partial charge in [0.15, 0.2) is 5.78 Å². The second-order valence-electron chi connectivity index (χ2n) is 9.92. The van der Waals surface area contributed by atoms with Gasteiger partial charge >= 0.3 is 0 Å². The first kappa shape index (κ1) is 27.5. The van der Waals surface area contributed by atoms with Gasteiger partial charge in [-0.05, 0) is 25.3 Å². The predicted molar refractivity (Wildman–Crippen MR) is 155 cm³/mol. The Balaban J connectivity index is 1.55. The molecule has 0 saturated carbocycles. The lowest BCUT2D eigenvalue weighted by molar-refractivity contribution is -0.115. The second kappa shape index (κ2) is 11.6. The molecule has 4 heterocycles. The Bertz CT molecular complexity index is 1390. The predicted octanol–water partition coefficient (Wildman–Crippen LogP) is 4.92. The molecular formula is C28H31Cl2N5O4. The normalized spacial score (nSPS) is 19.5. The van der Waals surface area contributed by atoms with E-state index in [2.05, 4.69) is 29.2 Å². The molecule has 2 aromatic heterocycles. The van der Waals surface area contributed by atoms with E-state index in [9.17, 15) is 4.79 Å². The third-order valence-electron chi connectivity index (χ3n) is 7.17. The molecule has 2 aliphatic heterocycles. The molecule has 1 aromatic carbocycles. The smallest absolute Gasteiger partial charge is 0.155 e. The number of allylic oxidation sites excluding steroid dienone is 1. The summed E-state index contributed by atoms with van der Waals surface area (Å²) in [5.41, 5.74) is 1.07. The number of nitrogens with zero attached hydrogens (tertiary/aromatic N) is 3. The molecule has 39 heavy (non-hydrogen) atoms. The minimum absolute atomic E-state index is 0.0472. The number of methoxy groups -OCH3 is 2. The van der Waals surface area contributed by atoms with E-state index < -0.39 is 0 Å². The number of aromatic nitrogens is 2. The van der Waals surface area contributed by atoms with Crippen molar-refractivity contribution in [2.45, 2.75) is 18.5 Å². The highest BCUT2D eigenvalue weighted by Crippen LogP contribution is 2.46. The van der Waals surface area contributed by atoms with Crippen molar-refractivity contribution in [2.24, 2.45) is 5.92 Å². The van der Waals surface area contributed by atoms with Gasteiger partial charge in [-0.2, -0.15) is 0 Å². The number of fused-ring (bicyclic) bond motifs is 1. The van der Waals surface area contributed by atoms with Crippen LogP contribution in [0.2, 0.25) is 10.0 Å². The van der Waals surface area contributed by atoms with Crippen LogP contribution < -0.4 is 20.1 Å². The number of hydrogen-bond acceptors (Lipinski definition) is 9. The minimum atomic E-state index is 0.0472. The fourth-order valence-electron chi connectivity index (χ4n) is 5.08. The molecule has 3 aromatic rings. The molecule has 0 unspecified atom stereocenters. The highest BCUT2D eigenvalue weighted by molar-refractivity contribution is 6.41. The minimum Gasteiger partial charge on any atom is -0.495 e. The van der Waals surface area contributed by atoms with E-state index in [1.54, 1.807) is 12.3 Å². The molecule has 2 atom stereocenters. The number of halogens is 2. The van der Waals surface area contributed by atoms with Crippen LogP contribution in [0.5, 0.6) is 11.5 Å². The molecule has 5 rings (SSSR count). The Morgan fingerprint density at radius 3 is 2.49 bits per heavy atom. The summed E-state index contributed by atoms with van der Waals surface area (Å²) in [6.07, 6.45) is 3.64. The number of ketones is 1. The number of anilines is 2. The van der Waals surface area contributed by atoms with Crippen molar-refractivity contribution < 1.29 is 19.0 Å². The van der Waals surface area contributed by atoms with Crippen molar-refractivity contribution in [3.63, 3.8) is 0 Å². The zero-order valence-electron chi connectivity index (χ0n) is 22.1. The van der Waals surface area contributed by atoms with Crippen molar-refractivity contribution in [3.8, 4) is 22.8 Å². The largest absolute Gasteiger partial charge is 0.495 e. The summed E-state index contributed by atoms with van der Waals surface area (Å²) in [6, 6.07) is 5.73. The van der Waals surface area contributed by atoms with Crippen molar-refractivity contribution in [1.29, 1.82) is 0 Å². The molecule has 206 valence electrons. The lowest BCUT2D eigenvalue weighted by atomic mass is 9.97. The summed E-state index contributed by atoms with van der Waals surface area (Å²) in [5.74, 6) is 2.44. The standard InChI is InChI=1S/C28H31Cl2N5O4/c1-5-18(36)6-16-11-35(2)12-21(16)33-24-8-19-15(10-31-24)7-20(34-28(19)32-17-13-39-14-17)25-26(29)22(37-3)9-23(38-4)27(25)30/h5,7-10,16-17,21H,1,6,11-14H2,2-4H3,(H,31,33)(H,32,34)/t16-,21+/m0/s1.